The van der Waals surface area contributed by atoms with Gasteiger partial charge in [0.25, 0.3) is 0 Å². The summed E-state index contributed by atoms with van der Waals surface area (Å²) in [6.07, 6.45) is 4.50. The van der Waals surface area contributed by atoms with Gasteiger partial charge in [-0.15, -0.1) is 11.3 Å². The number of carbonyl (C=O) groups is 1. The van der Waals surface area contributed by atoms with Gasteiger partial charge in [0.2, 0.25) is 0 Å². The Labute approximate surface area is 97.8 Å². The summed E-state index contributed by atoms with van der Waals surface area (Å²) >= 11 is 1.33. The van der Waals surface area contributed by atoms with Crippen LogP contribution < -0.4 is 0 Å². The number of aromatic carboxylic acids is 1. The van der Waals surface area contributed by atoms with E-state index < -0.39 is 5.97 Å². The Bertz CT molecular complexity index is 531. The lowest BCUT2D eigenvalue weighted by molar-refractivity contribution is 0.0702. The van der Waals surface area contributed by atoms with Gasteiger partial charge < -0.3 is 5.11 Å². The highest BCUT2D eigenvalue weighted by atomic mass is 32.1. The third-order valence-corrected chi connectivity index (χ3v) is 3.55. The quantitative estimate of drug-likeness (QED) is 0.888. The summed E-state index contributed by atoms with van der Waals surface area (Å²) in [5, 5.41) is 9.88. The van der Waals surface area contributed by atoms with Crippen LogP contribution in [0.25, 0.3) is 10.1 Å². The van der Waals surface area contributed by atoms with Crippen molar-refractivity contribution < 1.29 is 9.90 Å². The Morgan fingerprint density at radius 1 is 1.50 bits per heavy atom. The van der Waals surface area contributed by atoms with Gasteiger partial charge in [-0.2, -0.15) is 0 Å². The predicted octanol–water partition coefficient (Wildman–Crippen LogP) is 3.19. The summed E-state index contributed by atoms with van der Waals surface area (Å²) in [7, 11) is 0. The number of hydrogen-bond donors (Lipinski definition) is 1. The maximum atomic E-state index is 10.9. The third kappa shape index (κ3) is 2.07. The van der Waals surface area contributed by atoms with E-state index in [4.69, 9.17) is 5.11 Å². The Balaban J connectivity index is 2.54. The first-order valence-electron chi connectivity index (χ1n) is 5.17. The molecule has 0 atom stereocenters. The summed E-state index contributed by atoms with van der Waals surface area (Å²) in [5.41, 5.74) is 1.14. The van der Waals surface area contributed by atoms with Crippen LogP contribution in [0.15, 0.2) is 18.5 Å². The number of pyridine rings is 1. The molecule has 0 aliphatic heterocycles. The summed E-state index contributed by atoms with van der Waals surface area (Å²) in [6.45, 7) is 4.29. The fraction of sp³-hybridized carbons (Fsp3) is 0.333. The Hall–Kier alpha value is -1.42. The van der Waals surface area contributed by atoms with Gasteiger partial charge in [0, 0.05) is 22.5 Å². The largest absolute Gasteiger partial charge is 0.477 e. The van der Waals surface area contributed by atoms with Crippen LogP contribution >= 0.6 is 11.3 Å². The van der Waals surface area contributed by atoms with Crippen molar-refractivity contribution in [3.63, 3.8) is 0 Å². The average molecular weight is 235 g/mol. The van der Waals surface area contributed by atoms with Crippen LogP contribution in [-0.4, -0.2) is 16.1 Å². The zero-order chi connectivity index (χ0) is 11.7. The van der Waals surface area contributed by atoms with Crippen molar-refractivity contribution >= 4 is 27.4 Å². The van der Waals surface area contributed by atoms with Crippen LogP contribution in [0.2, 0.25) is 0 Å². The second-order valence-corrected chi connectivity index (χ2v) is 5.28. The topological polar surface area (TPSA) is 50.2 Å². The van der Waals surface area contributed by atoms with E-state index >= 15 is 0 Å². The van der Waals surface area contributed by atoms with Crippen LogP contribution in [-0.2, 0) is 6.42 Å². The Morgan fingerprint density at radius 3 is 2.88 bits per heavy atom. The number of hydrogen-bond acceptors (Lipinski definition) is 3. The standard InChI is InChI=1S/C12H13NO2S/c1-7(2)3-8-5-13-6-9-4-10(12(14)15)16-11(8)9/h4-7H,3H2,1-2H3,(H,14,15). The highest BCUT2D eigenvalue weighted by Gasteiger charge is 2.12. The zero-order valence-electron chi connectivity index (χ0n) is 9.23. The van der Waals surface area contributed by atoms with Gasteiger partial charge in [-0.25, -0.2) is 4.79 Å². The minimum Gasteiger partial charge on any atom is -0.477 e. The van der Waals surface area contributed by atoms with Gasteiger partial charge in [0.1, 0.15) is 4.88 Å². The molecule has 0 aliphatic rings. The molecule has 0 aliphatic carbocycles. The molecule has 0 spiro atoms. The summed E-state index contributed by atoms with van der Waals surface area (Å²) in [5.74, 6) is -0.320. The van der Waals surface area contributed by atoms with Crippen molar-refractivity contribution in [1.29, 1.82) is 0 Å². The third-order valence-electron chi connectivity index (χ3n) is 2.34. The van der Waals surface area contributed by atoms with Crippen LogP contribution in [0.4, 0.5) is 0 Å². The van der Waals surface area contributed by atoms with Crippen molar-refractivity contribution in [2.75, 3.05) is 0 Å². The van der Waals surface area contributed by atoms with Gasteiger partial charge in [-0.05, 0) is 24.0 Å². The molecule has 0 unspecified atom stereocenters. The predicted molar refractivity (Wildman–Crippen MR) is 65.1 cm³/mol. The Morgan fingerprint density at radius 2 is 2.25 bits per heavy atom. The van der Waals surface area contributed by atoms with Crippen LogP contribution in [0.3, 0.4) is 0 Å². The molecule has 0 bridgehead atoms. The van der Waals surface area contributed by atoms with Gasteiger partial charge in [-0.3, -0.25) is 4.98 Å². The van der Waals surface area contributed by atoms with Crippen LogP contribution in [0, 0.1) is 5.92 Å². The lowest BCUT2D eigenvalue weighted by Gasteiger charge is -2.04. The molecule has 84 valence electrons. The van der Waals surface area contributed by atoms with Gasteiger partial charge in [-0.1, -0.05) is 13.8 Å². The highest BCUT2D eigenvalue weighted by Crippen LogP contribution is 2.29. The van der Waals surface area contributed by atoms with E-state index in [1.165, 1.54) is 11.3 Å². The normalized spacial score (nSPS) is 11.2. The zero-order valence-corrected chi connectivity index (χ0v) is 10.0. The molecule has 2 heterocycles. The molecule has 3 nitrogen and oxygen atoms in total. The monoisotopic (exact) mass is 235 g/mol. The number of nitrogens with zero attached hydrogens (tertiary/aromatic N) is 1. The van der Waals surface area contributed by atoms with Crippen LogP contribution in [0.5, 0.6) is 0 Å². The molecule has 4 heteroatoms. The minimum atomic E-state index is -0.864. The summed E-state index contributed by atoms with van der Waals surface area (Å²) < 4.78 is 1.06. The molecular formula is C12H13NO2S. The van der Waals surface area contributed by atoms with E-state index in [1.54, 1.807) is 12.3 Å². The molecule has 2 aromatic rings. The van der Waals surface area contributed by atoms with E-state index in [0.717, 1.165) is 22.1 Å². The molecule has 0 amide bonds. The number of thiophene rings is 1. The summed E-state index contributed by atoms with van der Waals surface area (Å²) in [4.78, 5) is 15.4. The lowest BCUT2D eigenvalue weighted by Crippen LogP contribution is -1.94. The number of carboxylic acid groups (broad SMARTS) is 1. The number of rotatable bonds is 3. The molecule has 0 aromatic carbocycles. The van der Waals surface area contributed by atoms with E-state index in [2.05, 4.69) is 18.8 Å². The SMILES string of the molecule is CC(C)Cc1cncc2cc(C(=O)O)sc12. The second kappa shape index (κ2) is 4.22. The Kier molecular flexibility index (Phi) is 2.92. The minimum absolute atomic E-state index is 0.382. The van der Waals surface area contributed by atoms with E-state index in [9.17, 15) is 4.79 Å². The first kappa shape index (κ1) is 11.1. The summed E-state index contributed by atoms with van der Waals surface area (Å²) in [6, 6.07) is 1.69. The van der Waals surface area contributed by atoms with Gasteiger partial charge in [0.05, 0.1) is 0 Å². The number of carboxylic acids is 1. The second-order valence-electron chi connectivity index (χ2n) is 4.23. The highest BCUT2D eigenvalue weighted by molar-refractivity contribution is 7.20. The molecule has 16 heavy (non-hydrogen) atoms. The van der Waals surface area contributed by atoms with Crippen molar-refractivity contribution in [3.05, 3.63) is 28.9 Å². The fourth-order valence-corrected chi connectivity index (χ4v) is 2.70. The van der Waals surface area contributed by atoms with Crippen molar-refractivity contribution in [2.24, 2.45) is 5.92 Å². The van der Waals surface area contributed by atoms with Gasteiger partial charge >= 0.3 is 5.97 Å². The maximum absolute atomic E-state index is 10.9. The molecular weight excluding hydrogens is 222 g/mol. The average Bonchev–Trinajstić information content (AvgIpc) is 2.61. The smallest absolute Gasteiger partial charge is 0.345 e. The molecule has 0 saturated heterocycles. The fourth-order valence-electron chi connectivity index (χ4n) is 1.71. The maximum Gasteiger partial charge on any atom is 0.345 e. The van der Waals surface area contributed by atoms with Crippen LogP contribution in [0.1, 0.15) is 29.1 Å². The van der Waals surface area contributed by atoms with Crippen molar-refractivity contribution in [1.82, 2.24) is 4.98 Å². The van der Waals surface area contributed by atoms with E-state index in [1.807, 2.05) is 6.20 Å². The first-order chi connectivity index (χ1) is 7.58. The molecule has 0 saturated carbocycles. The molecule has 1 N–H and O–H groups in total. The lowest BCUT2D eigenvalue weighted by atomic mass is 10.0. The molecule has 2 rings (SSSR count). The molecule has 2 aromatic heterocycles. The van der Waals surface area contributed by atoms with Crippen molar-refractivity contribution in [3.8, 4) is 0 Å². The molecule has 0 radical (unpaired) electrons. The first-order valence-corrected chi connectivity index (χ1v) is 5.99. The number of aromatic nitrogens is 1. The van der Waals surface area contributed by atoms with E-state index in [-0.39, 0.29) is 0 Å². The van der Waals surface area contributed by atoms with Gasteiger partial charge in [0.15, 0.2) is 0 Å². The molecule has 0 fully saturated rings. The number of fused-ring (bicyclic) bond motifs is 1. The van der Waals surface area contributed by atoms with E-state index in [0.29, 0.717) is 10.8 Å². The van der Waals surface area contributed by atoms with Crippen molar-refractivity contribution in [2.45, 2.75) is 20.3 Å².